The first-order valence-electron chi connectivity index (χ1n) is 14.1. The second kappa shape index (κ2) is 11.1. The van der Waals surface area contributed by atoms with Gasteiger partial charge in [-0.3, -0.25) is 19.5 Å². The number of nitrogens with one attached hydrogen (secondary N) is 1. The van der Waals surface area contributed by atoms with Crippen molar-refractivity contribution >= 4 is 23.4 Å². The fourth-order valence-corrected chi connectivity index (χ4v) is 6.79. The molecule has 0 saturated carbocycles. The van der Waals surface area contributed by atoms with Crippen molar-refractivity contribution in [2.75, 3.05) is 26.2 Å². The molecule has 0 bridgehead atoms. The lowest BCUT2D eigenvalue weighted by atomic mass is 9.71. The average molecular weight is 543 g/mol. The molecule has 6 nitrogen and oxygen atoms in total. The minimum atomic E-state index is -0.177. The lowest BCUT2D eigenvalue weighted by Gasteiger charge is -2.47. The van der Waals surface area contributed by atoms with Gasteiger partial charge in [0.25, 0.3) is 11.8 Å². The Labute approximate surface area is 235 Å². The number of amides is 2. The van der Waals surface area contributed by atoms with Gasteiger partial charge in [0.05, 0.1) is 16.6 Å². The van der Waals surface area contributed by atoms with Gasteiger partial charge >= 0.3 is 0 Å². The molecular formula is C32H35ClN4O2. The summed E-state index contributed by atoms with van der Waals surface area (Å²) in [6.45, 7) is 4.84. The SMILES string of the molecule is O=C(NC1CCc2ccc(C(=O)N3CCC4(CCN(Cc5ccncc5)CC4)CC3)cc21)c1ccccc1Cl. The van der Waals surface area contributed by atoms with Crippen molar-refractivity contribution < 1.29 is 9.59 Å². The van der Waals surface area contributed by atoms with Gasteiger partial charge in [0.1, 0.15) is 0 Å². The van der Waals surface area contributed by atoms with Gasteiger partial charge < -0.3 is 10.2 Å². The lowest BCUT2D eigenvalue weighted by Crippen LogP contribution is -2.48. The molecule has 2 saturated heterocycles. The summed E-state index contributed by atoms with van der Waals surface area (Å²) in [4.78, 5) is 35.1. The van der Waals surface area contributed by atoms with Crippen LogP contribution in [0.2, 0.25) is 5.02 Å². The largest absolute Gasteiger partial charge is 0.345 e. The van der Waals surface area contributed by atoms with E-state index in [1.165, 1.54) is 24.0 Å². The van der Waals surface area contributed by atoms with E-state index >= 15 is 0 Å². The second-order valence-electron chi connectivity index (χ2n) is 11.4. The number of hydrogen-bond acceptors (Lipinski definition) is 4. The molecule has 1 spiro atoms. The van der Waals surface area contributed by atoms with Crippen LogP contribution in [0, 0.1) is 5.41 Å². The molecule has 202 valence electrons. The highest BCUT2D eigenvalue weighted by molar-refractivity contribution is 6.33. The molecule has 1 aliphatic carbocycles. The van der Waals surface area contributed by atoms with Crippen LogP contribution in [0.4, 0.5) is 0 Å². The minimum Gasteiger partial charge on any atom is -0.345 e. The van der Waals surface area contributed by atoms with Crippen LogP contribution in [0.25, 0.3) is 0 Å². The molecular weight excluding hydrogens is 508 g/mol. The number of rotatable bonds is 5. The second-order valence-corrected chi connectivity index (χ2v) is 11.8. The molecule has 7 heteroatoms. The summed E-state index contributed by atoms with van der Waals surface area (Å²) < 4.78 is 0. The smallest absolute Gasteiger partial charge is 0.253 e. The number of nitrogens with zero attached hydrogens (tertiary/aromatic N) is 3. The first kappa shape index (κ1) is 26.0. The van der Waals surface area contributed by atoms with Crippen molar-refractivity contribution in [1.29, 1.82) is 0 Å². The maximum absolute atomic E-state index is 13.5. The normalized spacial score (nSPS) is 20.5. The highest BCUT2D eigenvalue weighted by Gasteiger charge is 2.39. The third-order valence-electron chi connectivity index (χ3n) is 9.08. The fourth-order valence-electron chi connectivity index (χ4n) is 6.57. The van der Waals surface area contributed by atoms with Crippen molar-refractivity contribution in [2.24, 2.45) is 5.41 Å². The van der Waals surface area contributed by atoms with Gasteiger partial charge in [-0.15, -0.1) is 0 Å². The molecule has 1 atom stereocenters. The van der Waals surface area contributed by atoms with E-state index in [9.17, 15) is 9.59 Å². The Morgan fingerprint density at radius 3 is 2.41 bits per heavy atom. The van der Waals surface area contributed by atoms with Crippen LogP contribution in [-0.2, 0) is 13.0 Å². The number of piperidine rings is 2. The van der Waals surface area contributed by atoms with E-state index in [-0.39, 0.29) is 17.9 Å². The number of carbonyl (C=O) groups is 2. The van der Waals surface area contributed by atoms with Gasteiger partial charge in [-0.1, -0.05) is 29.8 Å². The summed E-state index contributed by atoms with van der Waals surface area (Å²) >= 11 is 6.24. The van der Waals surface area contributed by atoms with Gasteiger partial charge in [0, 0.05) is 37.6 Å². The Hall–Kier alpha value is -3.22. The molecule has 3 heterocycles. The number of aromatic nitrogens is 1. The van der Waals surface area contributed by atoms with E-state index in [0.717, 1.165) is 69.5 Å². The minimum absolute atomic E-state index is 0.103. The van der Waals surface area contributed by atoms with Crippen molar-refractivity contribution in [2.45, 2.75) is 51.1 Å². The standard InChI is InChI=1S/C32H35ClN4O2/c33-28-4-2-1-3-26(28)30(38)35-29-8-7-24-5-6-25(21-27(24)29)31(39)37-19-13-32(14-20-37)11-17-36(18-12-32)22-23-9-15-34-16-10-23/h1-6,9-10,15-16,21,29H,7-8,11-14,17-20,22H2,(H,35,38). The number of benzene rings is 2. The highest BCUT2D eigenvalue weighted by atomic mass is 35.5. The molecule has 2 aromatic carbocycles. The first-order chi connectivity index (χ1) is 19.0. The summed E-state index contributed by atoms with van der Waals surface area (Å²) in [5.41, 5.74) is 5.13. The quantitative estimate of drug-likeness (QED) is 0.451. The molecule has 39 heavy (non-hydrogen) atoms. The topological polar surface area (TPSA) is 65.5 Å². The van der Waals surface area contributed by atoms with Crippen molar-refractivity contribution in [3.05, 3.63) is 99.8 Å². The highest BCUT2D eigenvalue weighted by Crippen LogP contribution is 2.42. The average Bonchev–Trinajstić information content (AvgIpc) is 3.37. The van der Waals surface area contributed by atoms with Crippen LogP contribution in [0.5, 0.6) is 0 Å². The number of likely N-dealkylation sites (tertiary alicyclic amines) is 2. The molecule has 2 fully saturated rings. The fraction of sp³-hybridized carbons (Fsp3) is 0.406. The lowest BCUT2D eigenvalue weighted by molar-refractivity contribution is 0.0285. The zero-order chi connectivity index (χ0) is 26.8. The van der Waals surface area contributed by atoms with E-state index in [4.69, 9.17) is 11.6 Å². The zero-order valence-corrected chi connectivity index (χ0v) is 23.0. The van der Waals surface area contributed by atoms with Gasteiger partial charge in [0.15, 0.2) is 0 Å². The van der Waals surface area contributed by atoms with E-state index in [1.54, 1.807) is 12.1 Å². The van der Waals surface area contributed by atoms with E-state index < -0.39 is 0 Å². The number of carbonyl (C=O) groups excluding carboxylic acids is 2. The Morgan fingerprint density at radius 2 is 1.67 bits per heavy atom. The van der Waals surface area contributed by atoms with Crippen molar-refractivity contribution in [3.8, 4) is 0 Å². The molecule has 2 aliphatic heterocycles. The third kappa shape index (κ3) is 5.59. The van der Waals surface area contributed by atoms with Crippen LogP contribution in [0.1, 0.15) is 75.6 Å². The summed E-state index contributed by atoms with van der Waals surface area (Å²) in [5, 5.41) is 3.58. The number of halogens is 1. The van der Waals surface area contributed by atoms with Gasteiger partial charge in [0.2, 0.25) is 0 Å². The number of hydrogen-bond donors (Lipinski definition) is 1. The Balaban J connectivity index is 1.05. The van der Waals surface area contributed by atoms with Crippen LogP contribution >= 0.6 is 11.6 Å². The van der Waals surface area contributed by atoms with Crippen LogP contribution in [0.3, 0.4) is 0 Å². The van der Waals surface area contributed by atoms with E-state index in [0.29, 0.717) is 16.0 Å². The maximum Gasteiger partial charge on any atom is 0.253 e. The van der Waals surface area contributed by atoms with Gasteiger partial charge in [-0.25, -0.2) is 0 Å². The predicted molar refractivity (Wildman–Crippen MR) is 153 cm³/mol. The van der Waals surface area contributed by atoms with E-state index in [2.05, 4.69) is 33.4 Å². The summed E-state index contributed by atoms with van der Waals surface area (Å²) in [7, 11) is 0. The Morgan fingerprint density at radius 1 is 0.949 bits per heavy atom. The number of aryl methyl sites for hydroxylation is 1. The summed E-state index contributed by atoms with van der Waals surface area (Å²) in [5.74, 6) is -0.0748. The molecule has 3 aliphatic rings. The van der Waals surface area contributed by atoms with Gasteiger partial charge in [-0.05, 0) is 110 Å². The molecule has 6 rings (SSSR count). The number of pyridine rings is 1. The Kier molecular flexibility index (Phi) is 7.41. The molecule has 3 aromatic rings. The van der Waals surface area contributed by atoms with Gasteiger partial charge in [-0.2, -0.15) is 0 Å². The number of fused-ring (bicyclic) bond motifs is 1. The van der Waals surface area contributed by atoms with E-state index in [1.807, 2.05) is 41.6 Å². The third-order valence-corrected chi connectivity index (χ3v) is 9.41. The van der Waals surface area contributed by atoms with Crippen LogP contribution < -0.4 is 5.32 Å². The molecule has 1 aromatic heterocycles. The molecule has 0 radical (unpaired) electrons. The van der Waals surface area contributed by atoms with Crippen LogP contribution in [-0.4, -0.2) is 52.8 Å². The predicted octanol–water partition coefficient (Wildman–Crippen LogP) is 5.67. The Bertz CT molecular complexity index is 1340. The molecule has 1 unspecified atom stereocenters. The zero-order valence-electron chi connectivity index (χ0n) is 22.2. The summed E-state index contributed by atoms with van der Waals surface area (Å²) in [6.07, 6.45) is 10.00. The summed E-state index contributed by atoms with van der Waals surface area (Å²) in [6, 6.07) is 17.2. The van der Waals surface area contributed by atoms with Crippen molar-refractivity contribution in [1.82, 2.24) is 20.1 Å². The molecule has 2 amide bonds. The van der Waals surface area contributed by atoms with Crippen LogP contribution in [0.15, 0.2) is 67.0 Å². The van der Waals surface area contributed by atoms with Crippen molar-refractivity contribution in [3.63, 3.8) is 0 Å². The molecule has 1 N–H and O–H groups in total. The monoisotopic (exact) mass is 542 g/mol. The maximum atomic E-state index is 13.5. The first-order valence-corrected chi connectivity index (χ1v) is 14.5.